The van der Waals surface area contributed by atoms with Gasteiger partial charge in [0.25, 0.3) is 0 Å². The molecule has 1 atom stereocenters. The summed E-state index contributed by atoms with van der Waals surface area (Å²) in [6, 6.07) is 7.92. The molecule has 0 aliphatic rings. The molecule has 1 aromatic carbocycles. The maximum atomic E-state index is 12.2. The predicted octanol–water partition coefficient (Wildman–Crippen LogP) is 2.02. The average molecular weight is 295 g/mol. The number of carboxylic acid groups (broad SMARTS) is 1. The molecule has 1 heterocycles. The minimum absolute atomic E-state index is 0.0847. The highest BCUT2D eigenvalue weighted by molar-refractivity contribution is 7.89. The molecule has 0 spiro atoms. The molecule has 0 bridgehead atoms. The molecule has 6 nitrogen and oxygen atoms in total. The van der Waals surface area contributed by atoms with E-state index in [1.165, 1.54) is 24.5 Å². The van der Waals surface area contributed by atoms with Crippen molar-refractivity contribution in [1.29, 1.82) is 0 Å². The summed E-state index contributed by atoms with van der Waals surface area (Å²) in [5.74, 6) is -0.705. The fraction of sp³-hybridized carbons (Fsp3) is 0.154. The van der Waals surface area contributed by atoms with Gasteiger partial charge in [-0.05, 0) is 37.3 Å². The normalized spacial score (nSPS) is 13.1. The van der Waals surface area contributed by atoms with Gasteiger partial charge < -0.3 is 9.52 Å². The average Bonchev–Trinajstić information content (AvgIpc) is 2.92. The molecule has 7 heteroatoms. The van der Waals surface area contributed by atoms with E-state index >= 15 is 0 Å². The molecule has 2 rings (SSSR count). The number of rotatable bonds is 5. The van der Waals surface area contributed by atoms with Crippen molar-refractivity contribution in [2.24, 2.45) is 0 Å². The Morgan fingerprint density at radius 3 is 2.65 bits per heavy atom. The van der Waals surface area contributed by atoms with Gasteiger partial charge in [-0.15, -0.1) is 0 Å². The van der Waals surface area contributed by atoms with Crippen LogP contribution in [0.3, 0.4) is 0 Å². The standard InChI is InChI=1S/C13H13NO5S/c1-9(12-6-3-7-19-12)14-20(17,18)11-5-2-4-10(8-11)13(15)16/h2-9,14H,1H3,(H,15,16)/t9-/m0/s1. The van der Waals surface area contributed by atoms with E-state index in [0.717, 1.165) is 6.07 Å². The van der Waals surface area contributed by atoms with Crippen LogP contribution >= 0.6 is 0 Å². The van der Waals surface area contributed by atoms with Crippen molar-refractivity contribution in [3.63, 3.8) is 0 Å². The van der Waals surface area contributed by atoms with Crippen molar-refractivity contribution >= 4 is 16.0 Å². The second kappa shape index (κ2) is 5.48. The first-order valence-electron chi connectivity index (χ1n) is 5.79. The Hall–Kier alpha value is -2.12. The van der Waals surface area contributed by atoms with Gasteiger partial charge in [0.15, 0.2) is 0 Å². The van der Waals surface area contributed by atoms with Gasteiger partial charge in [-0.3, -0.25) is 0 Å². The lowest BCUT2D eigenvalue weighted by Gasteiger charge is -2.12. The van der Waals surface area contributed by atoms with Gasteiger partial charge in [-0.2, -0.15) is 0 Å². The number of nitrogens with one attached hydrogen (secondary N) is 1. The SMILES string of the molecule is C[C@H](NS(=O)(=O)c1cccc(C(=O)O)c1)c1ccco1. The summed E-state index contributed by atoms with van der Waals surface area (Å²) in [6.07, 6.45) is 1.45. The van der Waals surface area contributed by atoms with Crippen LogP contribution in [0.1, 0.15) is 29.1 Å². The van der Waals surface area contributed by atoms with Gasteiger partial charge in [-0.1, -0.05) is 6.07 Å². The summed E-state index contributed by atoms with van der Waals surface area (Å²) in [5, 5.41) is 8.88. The molecular weight excluding hydrogens is 282 g/mol. The molecule has 2 aromatic rings. The maximum absolute atomic E-state index is 12.2. The number of carboxylic acids is 1. The molecule has 106 valence electrons. The van der Waals surface area contributed by atoms with Crippen molar-refractivity contribution in [1.82, 2.24) is 4.72 Å². The Bertz CT molecular complexity index is 706. The quantitative estimate of drug-likeness (QED) is 0.879. The van der Waals surface area contributed by atoms with E-state index in [1.807, 2.05) is 0 Å². The lowest BCUT2D eigenvalue weighted by molar-refractivity contribution is 0.0696. The largest absolute Gasteiger partial charge is 0.478 e. The first-order valence-corrected chi connectivity index (χ1v) is 7.27. The van der Waals surface area contributed by atoms with Gasteiger partial charge in [0.2, 0.25) is 10.0 Å². The van der Waals surface area contributed by atoms with Crippen LogP contribution in [0, 0.1) is 0 Å². The molecule has 1 aromatic heterocycles. The highest BCUT2D eigenvalue weighted by Gasteiger charge is 2.20. The lowest BCUT2D eigenvalue weighted by Crippen LogP contribution is -2.26. The smallest absolute Gasteiger partial charge is 0.335 e. The van der Waals surface area contributed by atoms with Crippen LogP contribution < -0.4 is 4.72 Å². The molecule has 20 heavy (non-hydrogen) atoms. The van der Waals surface area contributed by atoms with Crippen molar-refractivity contribution in [2.75, 3.05) is 0 Å². The van der Waals surface area contributed by atoms with Crippen LogP contribution in [0.15, 0.2) is 52.0 Å². The van der Waals surface area contributed by atoms with Crippen molar-refractivity contribution in [2.45, 2.75) is 17.9 Å². The summed E-state index contributed by atoms with van der Waals surface area (Å²) in [5.41, 5.74) is -0.0847. The maximum Gasteiger partial charge on any atom is 0.335 e. The molecule has 0 amide bonds. The molecule has 0 radical (unpaired) electrons. The van der Waals surface area contributed by atoms with Crippen LogP contribution in [0.2, 0.25) is 0 Å². The van der Waals surface area contributed by atoms with Crippen LogP contribution in [-0.2, 0) is 10.0 Å². The summed E-state index contributed by atoms with van der Waals surface area (Å²) in [7, 11) is -3.81. The van der Waals surface area contributed by atoms with Gasteiger partial charge in [0.05, 0.1) is 22.8 Å². The predicted molar refractivity (Wildman–Crippen MR) is 70.8 cm³/mol. The van der Waals surface area contributed by atoms with Gasteiger partial charge in [0, 0.05) is 0 Å². The Labute approximate surface area is 116 Å². The Kier molecular flexibility index (Phi) is 3.91. The number of furan rings is 1. The lowest BCUT2D eigenvalue weighted by atomic mass is 10.2. The summed E-state index contributed by atoms with van der Waals surface area (Å²) in [6.45, 7) is 1.64. The summed E-state index contributed by atoms with van der Waals surface area (Å²) >= 11 is 0. The van der Waals surface area contributed by atoms with Gasteiger partial charge in [0.1, 0.15) is 5.76 Å². The number of sulfonamides is 1. The molecule has 0 unspecified atom stereocenters. The number of carbonyl (C=O) groups is 1. The second-order valence-corrected chi connectivity index (χ2v) is 5.91. The van der Waals surface area contributed by atoms with Crippen LogP contribution in [0.5, 0.6) is 0 Å². The Morgan fingerprint density at radius 2 is 2.05 bits per heavy atom. The van der Waals surface area contributed by atoms with E-state index < -0.39 is 22.0 Å². The first kappa shape index (κ1) is 14.3. The number of hydrogen-bond acceptors (Lipinski definition) is 4. The zero-order chi connectivity index (χ0) is 14.8. The van der Waals surface area contributed by atoms with E-state index in [2.05, 4.69) is 4.72 Å². The summed E-state index contributed by atoms with van der Waals surface area (Å²) in [4.78, 5) is 10.8. The van der Waals surface area contributed by atoms with Crippen LogP contribution in [-0.4, -0.2) is 19.5 Å². The van der Waals surface area contributed by atoms with Crippen molar-refractivity contribution < 1.29 is 22.7 Å². The zero-order valence-electron chi connectivity index (χ0n) is 10.6. The fourth-order valence-corrected chi connectivity index (χ4v) is 2.95. The Balaban J connectivity index is 2.26. The van der Waals surface area contributed by atoms with E-state index in [0.29, 0.717) is 5.76 Å². The molecule has 0 saturated heterocycles. The molecular formula is C13H13NO5S. The number of hydrogen-bond donors (Lipinski definition) is 2. The van der Waals surface area contributed by atoms with Gasteiger partial charge in [-0.25, -0.2) is 17.9 Å². The van der Waals surface area contributed by atoms with E-state index in [9.17, 15) is 13.2 Å². The van der Waals surface area contributed by atoms with Crippen LogP contribution in [0.4, 0.5) is 0 Å². The molecule has 0 saturated carbocycles. The first-order chi connectivity index (χ1) is 9.40. The minimum Gasteiger partial charge on any atom is -0.478 e. The monoisotopic (exact) mass is 295 g/mol. The molecule has 2 N–H and O–H groups in total. The Morgan fingerprint density at radius 1 is 1.30 bits per heavy atom. The van der Waals surface area contributed by atoms with Crippen molar-refractivity contribution in [3.8, 4) is 0 Å². The molecule has 0 aliphatic heterocycles. The van der Waals surface area contributed by atoms with E-state index in [1.54, 1.807) is 19.1 Å². The third-order valence-corrected chi connectivity index (χ3v) is 4.23. The highest BCUT2D eigenvalue weighted by Crippen LogP contribution is 2.18. The fourth-order valence-electron chi connectivity index (χ4n) is 1.69. The third kappa shape index (κ3) is 3.06. The minimum atomic E-state index is -3.81. The molecule has 0 aliphatic carbocycles. The zero-order valence-corrected chi connectivity index (χ0v) is 11.4. The highest BCUT2D eigenvalue weighted by atomic mass is 32.2. The van der Waals surface area contributed by atoms with E-state index in [4.69, 9.17) is 9.52 Å². The van der Waals surface area contributed by atoms with Crippen molar-refractivity contribution in [3.05, 3.63) is 54.0 Å². The third-order valence-electron chi connectivity index (χ3n) is 2.69. The van der Waals surface area contributed by atoms with E-state index in [-0.39, 0.29) is 10.5 Å². The van der Waals surface area contributed by atoms with Gasteiger partial charge >= 0.3 is 5.97 Å². The molecule has 0 fully saturated rings. The summed E-state index contributed by atoms with van der Waals surface area (Å²) < 4.78 is 31.9. The number of benzene rings is 1. The topological polar surface area (TPSA) is 96.6 Å². The number of aromatic carboxylic acids is 1. The second-order valence-electron chi connectivity index (χ2n) is 4.19. The van der Waals surface area contributed by atoms with Crippen LogP contribution in [0.25, 0.3) is 0 Å².